The summed E-state index contributed by atoms with van der Waals surface area (Å²) in [7, 11) is -4.09. The quantitative estimate of drug-likeness (QED) is 0.500. The molecule has 5 nitrogen and oxygen atoms in total. The van der Waals surface area contributed by atoms with Gasteiger partial charge in [0.25, 0.3) is 0 Å². The van der Waals surface area contributed by atoms with E-state index in [9.17, 15) is 17.6 Å². The summed E-state index contributed by atoms with van der Waals surface area (Å²) in [6, 6.07) is 16.7. The van der Waals surface area contributed by atoms with Crippen LogP contribution in [0.5, 0.6) is 0 Å². The highest BCUT2D eigenvalue weighted by Crippen LogP contribution is 2.29. The molecule has 0 spiro atoms. The maximum atomic E-state index is 14.2. The molecule has 0 atom stereocenters. The number of benzene rings is 3. The fourth-order valence-electron chi connectivity index (χ4n) is 2.85. The van der Waals surface area contributed by atoms with Gasteiger partial charge in [0.15, 0.2) is 0 Å². The Bertz CT molecular complexity index is 1200. The summed E-state index contributed by atoms with van der Waals surface area (Å²) in [5, 5.41) is 2.94. The molecular weight excluding hydrogens is 462 g/mol. The first kappa shape index (κ1) is 23.2. The Morgan fingerprint density at radius 2 is 1.68 bits per heavy atom. The van der Waals surface area contributed by atoms with E-state index in [-0.39, 0.29) is 32.7 Å². The van der Waals surface area contributed by atoms with E-state index in [1.54, 1.807) is 36.4 Å². The van der Waals surface area contributed by atoms with Crippen LogP contribution in [0.3, 0.4) is 0 Å². The molecule has 3 rings (SSSR count). The summed E-state index contributed by atoms with van der Waals surface area (Å²) in [4.78, 5) is 12.7. The van der Waals surface area contributed by atoms with E-state index in [0.29, 0.717) is 0 Å². The molecule has 0 aromatic heterocycles. The normalized spacial score (nSPS) is 11.5. The number of hydrogen-bond acceptors (Lipinski definition) is 3. The molecule has 1 amide bonds. The van der Waals surface area contributed by atoms with Crippen molar-refractivity contribution in [1.29, 1.82) is 0 Å². The number of anilines is 1. The van der Waals surface area contributed by atoms with Gasteiger partial charge in [-0.05, 0) is 37.3 Å². The van der Waals surface area contributed by atoms with Crippen molar-refractivity contribution in [3.8, 4) is 0 Å². The lowest BCUT2D eigenvalue weighted by Gasteiger charge is -2.22. The van der Waals surface area contributed by atoms with Gasteiger partial charge in [0, 0.05) is 12.1 Å². The Morgan fingerprint density at radius 3 is 2.35 bits per heavy atom. The van der Waals surface area contributed by atoms with Crippen molar-refractivity contribution in [1.82, 2.24) is 4.31 Å². The zero-order valence-corrected chi connectivity index (χ0v) is 18.8. The van der Waals surface area contributed by atoms with Crippen LogP contribution >= 0.6 is 23.2 Å². The molecular formula is C22H19Cl2FN2O3S. The van der Waals surface area contributed by atoms with Gasteiger partial charge in [0.2, 0.25) is 15.9 Å². The van der Waals surface area contributed by atoms with Gasteiger partial charge in [-0.15, -0.1) is 0 Å². The summed E-state index contributed by atoms with van der Waals surface area (Å²) in [6.07, 6.45) is 0. The number of amides is 1. The number of hydrogen-bond donors (Lipinski definition) is 1. The van der Waals surface area contributed by atoms with Gasteiger partial charge in [0.1, 0.15) is 5.82 Å². The Labute approximate surface area is 190 Å². The molecule has 0 aliphatic heterocycles. The third kappa shape index (κ3) is 5.62. The first-order valence-corrected chi connectivity index (χ1v) is 11.4. The summed E-state index contributed by atoms with van der Waals surface area (Å²) in [6.45, 7) is 0.961. The predicted molar refractivity (Wildman–Crippen MR) is 120 cm³/mol. The highest BCUT2D eigenvalue weighted by molar-refractivity contribution is 7.89. The molecule has 0 radical (unpaired) electrons. The van der Waals surface area contributed by atoms with E-state index in [1.807, 2.05) is 6.92 Å². The van der Waals surface area contributed by atoms with E-state index >= 15 is 0 Å². The molecule has 162 valence electrons. The molecule has 31 heavy (non-hydrogen) atoms. The van der Waals surface area contributed by atoms with Gasteiger partial charge in [-0.25, -0.2) is 12.8 Å². The summed E-state index contributed by atoms with van der Waals surface area (Å²) < 4.78 is 41.6. The topological polar surface area (TPSA) is 66.5 Å². The number of sulfonamides is 1. The number of aryl methyl sites for hydroxylation is 1. The minimum absolute atomic E-state index is 0.00280. The third-order valence-electron chi connectivity index (χ3n) is 4.51. The number of halogens is 3. The third-order valence-corrected chi connectivity index (χ3v) is 7.13. The number of carbonyl (C=O) groups excluding carboxylic acids is 1. The van der Waals surface area contributed by atoms with E-state index in [2.05, 4.69) is 5.32 Å². The Hall–Kier alpha value is -2.45. The zero-order chi connectivity index (χ0) is 22.6. The molecule has 9 heteroatoms. The van der Waals surface area contributed by atoms with E-state index in [4.69, 9.17) is 23.2 Å². The van der Waals surface area contributed by atoms with Gasteiger partial charge in [0.05, 0.1) is 27.2 Å². The Morgan fingerprint density at radius 1 is 1.00 bits per heavy atom. The largest absolute Gasteiger partial charge is 0.324 e. The molecule has 3 aromatic rings. The second-order valence-electron chi connectivity index (χ2n) is 6.83. The molecule has 0 aliphatic carbocycles. The van der Waals surface area contributed by atoms with Gasteiger partial charge < -0.3 is 5.32 Å². The number of rotatable bonds is 7. The summed E-state index contributed by atoms with van der Waals surface area (Å²) in [5.41, 5.74) is 1.28. The van der Waals surface area contributed by atoms with Crippen molar-refractivity contribution in [3.05, 3.63) is 93.7 Å². The van der Waals surface area contributed by atoms with Crippen LogP contribution in [0.4, 0.5) is 10.1 Å². The van der Waals surface area contributed by atoms with Crippen molar-refractivity contribution >= 4 is 44.8 Å². The average Bonchev–Trinajstić information content (AvgIpc) is 2.73. The molecule has 0 fully saturated rings. The van der Waals surface area contributed by atoms with Crippen molar-refractivity contribution in [2.45, 2.75) is 18.4 Å². The minimum atomic E-state index is -4.09. The van der Waals surface area contributed by atoms with Crippen molar-refractivity contribution in [3.63, 3.8) is 0 Å². The molecule has 0 heterocycles. The smallest absolute Gasteiger partial charge is 0.243 e. The molecule has 3 aromatic carbocycles. The standard InChI is InChI=1S/C22H19Cl2FN2O3S/c1-15-9-11-17(12-10-15)31(29,30)27(13-16-5-2-3-7-19(16)25)14-21(28)26-20-8-4-6-18(23)22(20)24/h2-12H,13-14H2,1H3,(H,26,28). The average molecular weight is 481 g/mol. The molecule has 0 saturated heterocycles. The molecule has 0 bridgehead atoms. The van der Waals surface area contributed by atoms with Crippen LogP contribution in [0.15, 0.2) is 71.6 Å². The second kappa shape index (κ2) is 9.78. The lowest BCUT2D eigenvalue weighted by Crippen LogP contribution is -2.37. The van der Waals surface area contributed by atoms with E-state index in [1.165, 1.54) is 30.3 Å². The highest BCUT2D eigenvalue weighted by atomic mass is 35.5. The van der Waals surface area contributed by atoms with Crippen LogP contribution in [0.25, 0.3) is 0 Å². The van der Waals surface area contributed by atoms with Crippen molar-refractivity contribution in [2.24, 2.45) is 0 Å². The zero-order valence-electron chi connectivity index (χ0n) is 16.5. The van der Waals surface area contributed by atoms with E-state index in [0.717, 1.165) is 9.87 Å². The van der Waals surface area contributed by atoms with Crippen LogP contribution in [0, 0.1) is 12.7 Å². The summed E-state index contributed by atoms with van der Waals surface area (Å²) in [5.74, 6) is -1.21. The van der Waals surface area contributed by atoms with Gasteiger partial charge in [-0.3, -0.25) is 4.79 Å². The number of nitrogens with one attached hydrogen (secondary N) is 1. The second-order valence-corrected chi connectivity index (χ2v) is 9.55. The van der Waals surface area contributed by atoms with Crippen LogP contribution in [0.1, 0.15) is 11.1 Å². The number of nitrogens with zero attached hydrogens (tertiary/aromatic N) is 1. The first-order valence-electron chi connectivity index (χ1n) is 9.22. The maximum absolute atomic E-state index is 14.2. The monoisotopic (exact) mass is 480 g/mol. The van der Waals surface area contributed by atoms with Crippen molar-refractivity contribution in [2.75, 3.05) is 11.9 Å². The van der Waals surface area contributed by atoms with Crippen LogP contribution in [-0.2, 0) is 21.4 Å². The fraction of sp³-hybridized carbons (Fsp3) is 0.136. The predicted octanol–water partition coefficient (Wildman–Crippen LogP) is 5.27. The van der Waals surface area contributed by atoms with Crippen LogP contribution < -0.4 is 5.32 Å². The molecule has 0 aliphatic rings. The lowest BCUT2D eigenvalue weighted by molar-refractivity contribution is -0.116. The van der Waals surface area contributed by atoms with E-state index < -0.39 is 28.3 Å². The molecule has 1 N–H and O–H groups in total. The minimum Gasteiger partial charge on any atom is -0.324 e. The van der Waals surface area contributed by atoms with Crippen LogP contribution in [-0.4, -0.2) is 25.2 Å². The van der Waals surface area contributed by atoms with Crippen molar-refractivity contribution < 1.29 is 17.6 Å². The van der Waals surface area contributed by atoms with Gasteiger partial charge >= 0.3 is 0 Å². The lowest BCUT2D eigenvalue weighted by atomic mass is 10.2. The first-order chi connectivity index (χ1) is 14.7. The maximum Gasteiger partial charge on any atom is 0.243 e. The molecule has 0 unspecified atom stereocenters. The number of carbonyl (C=O) groups is 1. The molecule has 0 saturated carbocycles. The highest BCUT2D eigenvalue weighted by Gasteiger charge is 2.28. The Kier molecular flexibility index (Phi) is 7.33. The van der Waals surface area contributed by atoms with Gasteiger partial charge in [-0.1, -0.05) is 65.2 Å². The fourth-order valence-corrected chi connectivity index (χ4v) is 4.57. The van der Waals surface area contributed by atoms with Gasteiger partial charge in [-0.2, -0.15) is 4.31 Å². The Balaban J connectivity index is 1.91. The SMILES string of the molecule is Cc1ccc(S(=O)(=O)N(CC(=O)Nc2cccc(Cl)c2Cl)Cc2ccccc2F)cc1. The summed E-state index contributed by atoms with van der Waals surface area (Å²) >= 11 is 12.1. The van der Waals surface area contributed by atoms with Crippen LogP contribution in [0.2, 0.25) is 10.0 Å².